The summed E-state index contributed by atoms with van der Waals surface area (Å²) < 4.78 is 0. The second kappa shape index (κ2) is 7.33. The van der Waals surface area contributed by atoms with E-state index in [1.165, 1.54) is 11.1 Å². The number of aromatic amines is 1. The van der Waals surface area contributed by atoms with Crippen LogP contribution in [0.25, 0.3) is 0 Å². The maximum absolute atomic E-state index is 4.58. The van der Waals surface area contributed by atoms with Gasteiger partial charge in [-0.1, -0.05) is 29.8 Å². The fraction of sp³-hybridized carbons (Fsp3) is 0.333. The Labute approximate surface area is 119 Å². The normalized spacial score (nSPS) is 11.4. The first-order valence-electron chi connectivity index (χ1n) is 6.84. The number of aromatic nitrogens is 2. The zero-order chi connectivity index (χ0) is 14.2. The number of rotatable bonds is 5. The fourth-order valence-corrected chi connectivity index (χ4v) is 1.88. The Balaban J connectivity index is 1.94. The molecule has 1 aromatic carbocycles. The van der Waals surface area contributed by atoms with Gasteiger partial charge in [-0.2, -0.15) is 5.10 Å². The van der Waals surface area contributed by atoms with E-state index in [0.717, 1.165) is 18.2 Å². The van der Waals surface area contributed by atoms with E-state index in [1.807, 2.05) is 6.07 Å². The number of nitrogens with zero attached hydrogens (tertiary/aromatic N) is 2. The SMILES string of the molecule is CCNC(=NCc1cccc(C)c1)NCc1ccn[nH]1. The Kier molecular flexibility index (Phi) is 5.17. The lowest BCUT2D eigenvalue weighted by Crippen LogP contribution is -2.36. The number of hydrogen-bond acceptors (Lipinski definition) is 2. The maximum atomic E-state index is 4.58. The standard InChI is InChI=1S/C15H21N5/c1-3-16-15(18-11-14-7-8-19-20-14)17-10-13-6-4-5-12(2)9-13/h4-9H,3,10-11H2,1-2H3,(H,19,20)(H2,16,17,18). The highest BCUT2D eigenvalue weighted by atomic mass is 15.2. The predicted octanol–water partition coefficient (Wildman–Crippen LogP) is 1.97. The minimum absolute atomic E-state index is 0.667. The number of H-pyrrole nitrogens is 1. The van der Waals surface area contributed by atoms with Crippen molar-refractivity contribution in [2.24, 2.45) is 4.99 Å². The molecule has 20 heavy (non-hydrogen) atoms. The van der Waals surface area contributed by atoms with Crippen molar-refractivity contribution in [3.63, 3.8) is 0 Å². The molecule has 0 fully saturated rings. The van der Waals surface area contributed by atoms with Crippen molar-refractivity contribution in [2.45, 2.75) is 26.9 Å². The molecule has 2 aromatic rings. The Morgan fingerprint density at radius 1 is 1.30 bits per heavy atom. The molecule has 0 radical (unpaired) electrons. The van der Waals surface area contributed by atoms with Crippen molar-refractivity contribution in [1.29, 1.82) is 0 Å². The third kappa shape index (κ3) is 4.42. The molecular formula is C15H21N5. The van der Waals surface area contributed by atoms with Crippen LogP contribution in [0.15, 0.2) is 41.5 Å². The van der Waals surface area contributed by atoms with Crippen LogP contribution in [0.3, 0.4) is 0 Å². The Morgan fingerprint density at radius 2 is 2.20 bits per heavy atom. The van der Waals surface area contributed by atoms with Gasteiger partial charge in [0.2, 0.25) is 0 Å². The van der Waals surface area contributed by atoms with E-state index in [4.69, 9.17) is 0 Å². The molecule has 5 heteroatoms. The van der Waals surface area contributed by atoms with Gasteiger partial charge in [0.25, 0.3) is 0 Å². The number of benzene rings is 1. The summed E-state index contributed by atoms with van der Waals surface area (Å²) in [5.74, 6) is 0.809. The van der Waals surface area contributed by atoms with Crippen LogP contribution in [-0.2, 0) is 13.1 Å². The third-order valence-corrected chi connectivity index (χ3v) is 2.85. The van der Waals surface area contributed by atoms with Crippen LogP contribution in [0.1, 0.15) is 23.7 Å². The van der Waals surface area contributed by atoms with Gasteiger partial charge in [-0.25, -0.2) is 4.99 Å². The summed E-state index contributed by atoms with van der Waals surface area (Å²) in [6.45, 7) is 6.33. The summed E-state index contributed by atoms with van der Waals surface area (Å²) in [5, 5.41) is 13.4. The molecule has 1 heterocycles. The summed E-state index contributed by atoms with van der Waals surface area (Å²) in [6, 6.07) is 10.3. The van der Waals surface area contributed by atoms with Gasteiger partial charge in [0.05, 0.1) is 18.8 Å². The monoisotopic (exact) mass is 271 g/mol. The summed E-state index contributed by atoms with van der Waals surface area (Å²) in [7, 11) is 0. The first kappa shape index (κ1) is 14.1. The molecular weight excluding hydrogens is 250 g/mol. The van der Waals surface area contributed by atoms with Crippen molar-refractivity contribution >= 4 is 5.96 Å². The van der Waals surface area contributed by atoms with Gasteiger partial charge in [-0.05, 0) is 25.5 Å². The molecule has 0 atom stereocenters. The molecule has 1 aromatic heterocycles. The van der Waals surface area contributed by atoms with E-state index in [2.05, 4.69) is 63.9 Å². The van der Waals surface area contributed by atoms with Gasteiger partial charge in [0.1, 0.15) is 0 Å². The average molecular weight is 271 g/mol. The van der Waals surface area contributed by atoms with E-state index in [9.17, 15) is 0 Å². The van der Waals surface area contributed by atoms with E-state index in [1.54, 1.807) is 6.20 Å². The number of aryl methyl sites for hydroxylation is 1. The summed E-state index contributed by atoms with van der Waals surface area (Å²) in [6.07, 6.45) is 1.74. The highest BCUT2D eigenvalue weighted by Gasteiger charge is 1.99. The molecule has 0 saturated heterocycles. The zero-order valence-electron chi connectivity index (χ0n) is 12.0. The lowest BCUT2D eigenvalue weighted by Gasteiger charge is -2.10. The molecule has 0 unspecified atom stereocenters. The zero-order valence-corrected chi connectivity index (χ0v) is 12.0. The van der Waals surface area contributed by atoms with Gasteiger partial charge < -0.3 is 10.6 Å². The highest BCUT2D eigenvalue weighted by Crippen LogP contribution is 2.05. The summed E-state index contributed by atoms with van der Waals surface area (Å²) >= 11 is 0. The molecule has 106 valence electrons. The largest absolute Gasteiger partial charge is 0.357 e. The van der Waals surface area contributed by atoms with Crippen LogP contribution in [-0.4, -0.2) is 22.7 Å². The maximum Gasteiger partial charge on any atom is 0.191 e. The molecule has 0 amide bonds. The molecule has 0 aliphatic carbocycles. The number of aliphatic imine (C=N–C) groups is 1. The van der Waals surface area contributed by atoms with Gasteiger partial charge in [-0.3, -0.25) is 5.10 Å². The second-order valence-electron chi connectivity index (χ2n) is 4.62. The predicted molar refractivity (Wildman–Crippen MR) is 81.4 cm³/mol. The number of nitrogens with one attached hydrogen (secondary N) is 3. The van der Waals surface area contributed by atoms with Crippen LogP contribution < -0.4 is 10.6 Å². The van der Waals surface area contributed by atoms with Gasteiger partial charge in [0.15, 0.2) is 5.96 Å². The van der Waals surface area contributed by atoms with E-state index >= 15 is 0 Å². The fourth-order valence-electron chi connectivity index (χ4n) is 1.88. The average Bonchev–Trinajstić information content (AvgIpc) is 2.95. The molecule has 0 saturated carbocycles. The molecule has 2 rings (SSSR count). The van der Waals surface area contributed by atoms with Crippen LogP contribution in [0.5, 0.6) is 0 Å². The Bertz CT molecular complexity index is 545. The molecule has 5 nitrogen and oxygen atoms in total. The number of guanidine groups is 1. The van der Waals surface area contributed by atoms with Crippen LogP contribution in [0.4, 0.5) is 0 Å². The number of hydrogen-bond donors (Lipinski definition) is 3. The van der Waals surface area contributed by atoms with E-state index in [-0.39, 0.29) is 0 Å². The topological polar surface area (TPSA) is 65.1 Å². The first-order chi connectivity index (χ1) is 9.78. The summed E-state index contributed by atoms with van der Waals surface area (Å²) in [4.78, 5) is 4.58. The Morgan fingerprint density at radius 3 is 2.90 bits per heavy atom. The highest BCUT2D eigenvalue weighted by molar-refractivity contribution is 5.79. The minimum atomic E-state index is 0.667. The van der Waals surface area contributed by atoms with Gasteiger partial charge in [0, 0.05) is 12.7 Å². The molecule has 0 spiro atoms. The molecule has 3 N–H and O–H groups in total. The Hall–Kier alpha value is -2.30. The van der Waals surface area contributed by atoms with Crippen molar-refractivity contribution in [1.82, 2.24) is 20.8 Å². The second-order valence-corrected chi connectivity index (χ2v) is 4.62. The summed E-state index contributed by atoms with van der Waals surface area (Å²) in [5.41, 5.74) is 3.50. The van der Waals surface area contributed by atoms with Gasteiger partial charge in [-0.15, -0.1) is 0 Å². The molecule has 0 bridgehead atoms. The van der Waals surface area contributed by atoms with Crippen LogP contribution in [0.2, 0.25) is 0 Å². The smallest absolute Gasteiger partial charge is 0.191 e. The van der Waals surface area contributed by atoms with Crippen LogP contribution in [0, 0.1) is 6.92 Å². The van der Waals surface area contributed by atoms with Crippen molar-refractivity contribution in [3.05, 3.63) is 53.3 Å². The third-order valence-electron chi connectivity index (χ3n) is 2.85. The van der Waals surface area contributed by atoms with Gasteiger partial charge >= 0.3 is 0 Å². The van der Waals surface area contributed by atoms with Crippen LogP contribution >= 0.6 is 0 Å². The quantitative estimate of drug-likeness (QED) is 0.575. The van der Waals surface area contributed by atoms with E-state index in [0.29, 0.717) is 13.1 Å². The van der Waals surface area contributed by atoms with Crippen molar-refractivity contribution < 1.29 is 0 Å². The van der Waals surface area contributed by atoms with Crippen molar-refractivity contribution in [2.75, 3.05) is 6.54 Å². The first-order valence-corrected chi connectivity index (χ1v) is 6.84. The lowest BCUT2D eigenvalue weighted by molar-refractivity contribution is 0.794. The van der Waals surface area contributed by atoms with E-state index < -0.39 is 0 Å². The lowest BCUT2D eigenvalue weighted by atomic mass is 10.1. The minimum Gasteiger partial charge on any atom is -0.357 e. The molecule has 0 aliphatic heterocycles. The molecule has 0 aliphatic rings. The van der Waals surface area contributed by atoms with Crippen molar-refractivity contribution in [3.8, 4) is 0 Å².